The zero-order valence-electron chi connectivity index (χ0n) is 37.9. The Morgan fingerprint density at radius 2 is 0.966 bits per heavy atom. The molecule has 0 aliphatic carbocycles. The fourth-order valence-electron chi connectivity index (χ4n) is 6.53. The lowest BCUT2D eigenvalue weighted by molar-refractivity contribution is -0.889. The van der Waals surface area contributed by atoms with Crippen LogP contribution < -0.4 is 5.11 Å². The van der Waals surface area contributed by atoms with E-state index in [4.69, 9.17) is 14.2 Å². The Bertz CT molecular complexity index is 1130. The van der Waals surface area contributed by atoms with E-state index < -0.39 is 18.1 Å². The molecule has 58 heavy (non-hydrogen) atoms. The summed E-state index contributed by atoms with van der Waals surface area (Å²) < 4.78 is 17.2. The van der Waals surface area contributed by atoms with Crippen molar-refractivity contribution in [3.63, 3.8) is 0 Å². The molecule has 0 saturated heterocycles. The highest BCUT2D eigenvalue weighted by atomic mass is 16.6. The van der Waals surface area contributed by atoms with Gasteiger partial charge in [0.25, 0.3) is 0 Å². The molecule has 0 heterocycles. The van der Waals surface area contributed by atoms with Gasteiger partial charge in [-0.15, -0.1) is 0 Å². The first-order chi connectivity index (χ1) is 28.1. The standard InChI is InChI=1S/C50H87NO7/c1-6-8-10-12-14-16-18-20-22-24-26-28-30-32-34-36-38-40-48(52)57-45-46(44-56-43-42-47(50(54)55)51(3,4)5)58-49(53)41-39-37-35-33-31-29-27-25-23-21-19-17-15-13-11-9-7-2/h9,11,14-17,20-23,46-47H,6-8,10,12-13,18-19,24-45H2,1-5H3/b11-9-,16-14-,17-15-,22-20-,23-21-. The van der Waals surface area contributed by atoms with Gasteiger partial charge in [0.2, 0.25) is 0 Å². The molecular weight excluding hydrogens is 727 g/mol. The Morgan fingerprint density at radius 1 is 0.534 bits per heavy atom. The maximum absolute atomic E-state index is 12.7. The van der Waals surface area contributed by atoms with Crippen LogP contribution in [0, 0.1) is 0 Å². The Balaban J connectivity index is 4.34. The number of allylic oxidation sites excluding steroid dienone is 10. The fourth-order valence-corrected chi connectivity index (χ4v) is 6.53. The number of aliphatic carboxylic acids is 1. The number of hydrogen-bond acceptors (Lipinski definition) is 7. The second-order valence-corrected chi connectivity index (χ2v) is 16.6. The quantitative estimate of drug-likeness (QED) is 0.0262. The number of hydrogen-bond donors (Lipinski definition) is 0. The summed E-state index contributed by atoms with van der Waals surface area (Å²) in [6.07, 6.45) is 49.5. The Morgan fingerprint density at radius 3 is 1.43 bits per heavy atom. The van der Waals surface area contributed by atoms with Crippen molar-refractivity contribution in [2.75, 3.05) is 41.0 Å². The van der Waals surface area contributed by atoms with E-state index >= 15 is 0 Å². The van der Waals surface area contributed by atoms with Crippen molar-refractivity contribution in [1.29, 1.82) is 0 Å². The lowest BCUT2D eigenvalue weighted by atomic mass is 10.1. The average Bonchev–Trinajstić information content (AvgIpc) is 3.18. The maximum atomic E-state index is 12.7. The van der Waals surface area contributed by atoms with Crippen LogP contribution in [0.4, 0.5) is 0 Å². The third-order valence-corrected chi connectivity index (χ3v) is 10.1. The van der Waals surface area contributed by atoms with Crippen LogP contribution in [0.15, 0.2) is 60.8 Å². The first kappa shape index (κ1) is 55.0. The van der Waals surface area contributed by atoms with Gasteiger partial charge >= 0.3 is 11.9 Å². The normalized spacial score (nSPS) is 13.5. The van der Waals surface area contributed by atoms with E-state index in [1.54, 1.807) is 21.1 Å². The van der Waals surface area contributed by atoms with Crippen molar-refractivity contribution >= 4 is 17.9 Å². The molecule has 0 fully saturated rings. The van der Waals surface area contributed by atoms with Crippen molar-refractivity contribution in [1.82, 2.24) is 0 Å². The SMILES string of the molecule is CC/C=C\C/C=C\C/C=C\CCCCCCCCCC(=O)OC(COCCC(C(=O)[O-])[N+](C)(C)C)COC(=O)CCCCCCCCC/C=C\C/C=C\CCCCC. The molecule has 0 spiro atoms. The van der Waals surface area contributed by atoms with E-state index in [9.17, 15) is 19.5 Å². The smallest absolute Gasteiger partial charge is 0.306 e. The largest absolute Gasteiger partial charge is 0.544 e. The van der Waals surface area contributed by atoms with E-state index in [1.165, 1.54) is 70.6 Å². The van der Waals surface area contributed by atoms with E-state index in [1.807, 2.05) is 0 Å². The molecule has 0 saturated carbocycles. The Hall–Kier alpha value is -2.97. The number of carboxylic acid groups (broad SMARTS) is 1. The molecule has 2 atom stereocenters. The van der Waals surface area contributed by atoms with Crippen molar-refractivity contribution in [2.45, 2.75) is 199 Å². The van der Waals surface area contributed by atoms with Crippen molar-refractivity contribution in [2.24, 2.45) is 0 Å². The number of quaternary nitrogens is 1. The second kappa shape index (κ2) is 40.8. The Labute approximate surface area is 356 Å². The van der Waals surface area contributed by atoms with Gasteiger partial charge in [0.15, 0.2) is 6.10 Å². The minimum Gasteiger partial charge on any atom is -0.544 e. The molecular formula is C50H87NO7. The van der Waals surface area contributed by atoms with Crippen LogP contribution in [0.2, 0.25) is 0 Å². The third kappa shape index (κ3) is 38.5. The lowest BCUT2D eigenvalue weighted by Crippen LogP contribution is -2.55. The van der Waals surface area contributed by atoms with Gasteiger partial charge in [0.1, 0.15) is 12.6 Å². The molecule has 0 amide bonds. The summed E-state index contributed by atoms with van der Waals surface area (Å²) in [5.74, 6) is -1.76. The summed E-state index contributed by atoms with van der Waals surface area (Å²) in [5.41, 5.74) is 0. The van der Waals surface area contributed by atoms with Crippen molar-refractivity contribution in [3.8, 4) is 0 Å². The number of rotatable bonds is 41. The molecule has 0 bridgehead atoms. The summed E-state index contributed by atoms with van der Waals surface area (Å²) in [5, 5.41) is 11.6. The van der Waals surface area contributed by atoms with Crippen LogP contribution in [0.5, 0.6) is 0 Å². The highest BCUT2D eigenvalue weighted by Gasteiger charge is 2.25. The zero-order valence-corrected chi connectivity index (χ0v) is 37.9. The van der Waals surface area contributed by atoms with Gasteiger partial charge in [-0.3, -0.25) is 9.59 Å². The summed E-state index contributed by atoms with van der Waals surface area (Å²) >= 11 is 0. The number of likely N-dealkylation sites (N-methyl/N-ethyl adjacent to an activating group) is 1. The van der Waals surface area contributed by atoms with Crippen LogP contribution in [0.1, 0.15) is 187 Å². The van der Waals surface area contributed by atoms with E-state index in [-0.39, 0.29) is 42.7 Å². The number of carbonyl (C=O) groups excluding carboxylic acids is 3. The number of esters is 2. The molecule has 0 aromatic carbocycles. The summed E-state index contributed by atoms with van der Waals surface area (Å²) in [6, 6.07) is -0.731. The Kier molecular flexibility index (Phi) is 38.7. The molecule has 0 N–H and O–H groups in total. The van der Waals surface area contributed by atoms with Crippen molar-refractivity contribution < 1.29 is 38.2 Å². The molecule has 8 nitrogen and oxygen atoms in total. The molecule has 0 aromatic heterocycles. The number of nitrogens with zero attached hydrogens (tertiary/aromatic N) is 1. The van der Waals surface area contributed by atoms with E-state index in [0.717, 1.165) is 83.5 Å². The number of carboxylic acids is 1. The first-order valence-electron chi connectivity index (χ1n) is 23.3. The van der Waals surface area contributed by atoms with Crippen LogP contribution in [0.3, 0.4) is 0 Å². The van der Waals surface area contributed by atoms with Crippen LogP contribution in [-0.2, 0) is 28.6 Å². The molecule has 0 aliphatic rings. The van der Waals surface area contributed by atoms with Gasteiger partial charge in [0, 0.05) is 19.3 Å². The predicted molar refractivity (Wildman–Crippen MR) is 240 cm³/mol. The molecule has 0 aliphatic heterocycles. The fraction of sp³-hybridized carbons (Fsp3) is 0.740. The molecule has 334 valence electrons. The second-order valence-electron chi connectivity index (χ2n) is 16.6. The monoisotopic (exact) mass is 814 g/mol. The van der Waals surface area contributed by atoms with Gasteiger partial charge < -0.3 is 28.6 Å². The topological polar surface area (TPSA) is 102 Å². The van der Waals surface area contributed by atoms with Crippen LogP contribution >= 0.6 is 0 Å². The molecule has 0 aromatic rings. The number of ether oxygens (including phenoxy) is 3. The third-order valence-electron chi connectivity index (χ3n) is 10.1. The van der Waals surface area contributed by atoms with Gasteiger partial charge in [0.05, 0.1) is 40.3 Å². The maximum Gasteiger partial charge on any atom is 0.306 e. The van der Waals surface area contributed by atoms with E-state index in [2.05, 4.69) is 74.6 Å². The minimum absolute atomic E-state index is 0.0322. The van der Waals surface area contributed by atoms with Gasteiger partial charge in [-0.25, -0.2) is 0 Å². The molecule has 0 radical (unpaired) electrons. The van der Waals surface area contributed by atoms with Crippen LogP contribution in [0.25, 0.3) is 0 Å². The highest BCUT2D eigenvalue weighted by molar-refractivity contribution is 5.70. The first-order valence-corrected chi connectivity index (χ1v) is 23.3. The summed E-state index contributed by atoms with van der Waals surface area (Å²) in [7, 11) is 5.40. The number of carbonyl (C=O) groups is 3. The summed E-state index contributed by atoms with van der Waals surface area (Å²) in [6.45, 7) is 4.51. The lowest BCUT2D eigenvalue weighted by Gasteiger charge is -2.34. The van der Waals surface area contributed by atoms with Gasteiger partial charge in [-0.05, 0) is 77.0 Å². The minimum atomic E-state index is -1.13. The molecule has 0 rings (SSSR count). The van der Waals surface area contributed by atoms with Crippen molar-refractivity contribution in [3.05, 3.63) is 60.8 Å². The summed E-state index contributed by atoms with van der Waals surface area (Å²) in [4.78, 5) is 36.9. The van der Waals surface area contributed by atoms with Gasteiger partial charge in [-0.2, -0.15) is 0 Å². The highest BCUT2D eigenvalue weighted by Crippen LogP contribution is 2.14. The molecule has 2 unspecified atom stereocenters. The predicted octanol–water partition coefficient (Wildman–Crippen LogP) is 11.6. The number of unbranched alkanes of at least 4 members (excludes halogenated alkanes) is 17. The molecule has 8 heteroatoms. The van der Waals surface area contributed by atoms with Gasteiger partial charge in [-0.1, -0.05) is 152 Å². The average molecular weight is 814 g/mol. The van der Waals surface area contributed by atoms with Crippen LogP contribution in [-0.4, -0.2) is 75.5 Å². The zero-order chi connectivity index (χ0) is 42.8. The van der Waals surface area contributed by atoms with E-state index in [0.29, 0.717) is 12.8 Å².